The van der Waals surface area contributed by atoms with Crippen LogP contribution in [0.5, 0.6) is 0 Å². The molecule has 2 heterocycles. The van der Waals surface area contributed by atoms with Crippen LogP contribution in [-0.2, 0) is 6.42 Å². The number of hydrogen-bond acceptors (Lipinski definition) is 5. The molecule has 0 saturated carbocycles. The quantitative estimate of drug-likeness (QED) is 0.830. The molecule has 100 valence electrons. The second kappa shape index (κ2) is 5.62. The molecule has 2 aromatic rings. The summed E-state index contributed by atoms with van der Waals surface area (Å²) in [5.41, 5.74) is -0.869. The molecule has 1 amide bonds. The highest BCUT2D eigenvalue weighted by Crippen LogP contribution is 2.12. The van der Waals surface area contributed by atoms with Crippen LogP contribution in [0, 0.1) is 0 Å². The minimum atomic E-state index is -1.09. The van der Waals surface area contributed by atoms with Crippen LogP contribution in [0.3, 0.4) is 0 Å². The van der Waals surface area contributed by atoms with E-state index in [0.717, 1.165) is 0 Å². The molecule has 0 aromatic carbocycles. The Kier molecular flexibility index (Phi) is 3.91. The van der Waals surface area contributed by atoms with Gasteiger partial charge in [0.25, 0.3) is 5.91 Å². The summed E-state index contributed by atoms with van der Waals surface area (Å²) in [6.45, 7) is 1.73. The standard InChI is InChI=1S/C13H15N3O3/c1-13(18,7-10-3-2-6-19-10)9-16-12(17)11-8-14-4-5-15-11/h2-6,8,18H,7,9H2,1H3,(H,16,17). The summed E-state index contributed by atoms with van der Waals surface area (Å²) in [6.07, 6.45) is 6.17. The van der Waals surface area contributed by atoms with Gasteiger partial charge in [0.05, 0.1) is 18.1 Å². The monoisotopic (exact) mass is 261 g/mol. The van der Waals surface area contributed by atoms with Crippen molar-refractivity contribution in [2.75, 3.05) is 6.54 Å². The fraction of sp³-hybridized carbons (Fsp3) is 0.308. The predicted molar refractivity (Wildman–Crippen MR) is 67.4 cm³/mol. The Morgan fingerprint density at radius 2 is 2.37 bits per heavy atom. The van der Waals surface area contributed by atoms with Crippen molar-refractivity contribution in [2.24, 2.45) is 0 Å². The van der Waals surface area contributed by atoms with Gasteiger partial charge in [-0.3, -0.25) is 9.78 Å². The van der Waals surface area contributed by atoms with E-state index in [1.807, 2.05) is 0 Å². The van der Waals surface area contributed by atoms with Gasteiger partial charge >= 0.3 is 0 Å². The van der Waals surface area contributed by atoms with Gasteiger partial charge < -0.3 is 14.8 Å². The molecule has 0 saturated heterocycles. The smallest absolute Gasteiger partial charge is 0.271 e. The first-order valence-electron chi connectivity index (χ1n) is 5.86. The molecule has 0 spiro atoms. The SMILES string of the molecule is CC(O)(CNC(=O)c1cnccn1)Cc1ccco1. The Bertz CT molecular complexity index is 523. The minimum absolute atomic E-state index is 0.100. The van der Waals surface area contributed by atoms with E-state index >= 15 is 0 Å². The number of aliphatic hydroxyl groups is 1. The summed E-state index contributed by atoms with van der Waals surface area (Å²) in [6, 6.07) is 3.53. The van der Waals surface area contributed by atoms with Crippen LogP contribution >= 0.6 is 0 Å². The van der Waals surface area contributed by atoms with Gasteiger partial charge in [-0.1, -0.05) is 0 Å². The van der Waals surface area contributed by atoms with Crippen LogP contribution in [0.1, 0.15) is 23.2 Å². The third-order valence-electron chi connectivity index (χ3n) is 2.56. The van der Waals surface area contributed by atoms with Gasteiger partial charge in [-0.2, -0.15) is 0 Å². The minimum Gasteiger partial charge on any atom is -0.469 e. The van der Waals surface area contributed by atoms with E-state index in [9.17, 15) is 9.90 Å². The van der Waals surface area contributed by atoms with E-state index in [1.54, 1.807) is 25.3 Å². The molecule has 6 heteroatoms. The Morgan fingerprint density at radius 1 is 1.53 bits per heavy atom. The first-order valence-corrected chi connectivity index (χ1v) is 5.86. The third-order valence-corrected chi connectivity index (χ3v) is 2.56. The lowest BCUT2D eigenvalue weighted by molar-refractivity contribution is 0.0509. The van der Waals surface area contributed by atoms with Crippen LogP contribution in [0.4, 0.5) is 0 Å². The second-order valence-corrected chi connectivity index (χ2v) is 4.53. The zero-order valence-corrected chi connectivity index (χ0v) is 10.5. The Labute approximate surface area is 110 Å². The molecule has 0 fully saturated rings. The number of hydrogen-bond donors (Lipinski definition) is 2. The fourth-order valence-corrected chi connectivity index (χ4v) is 1.63. The van der Waals surface area contributed by atoms with E-state index in [0.29, 0.717) is 12.2 Å². The molecule has 19 heavy (non-hydrogen) atoms. The third kappa shape index (κ3) is 3.89. The zero-order valence-electron chi connectivity index (χ0n) is 10.5. The lowest BCUT2D eigenvalue weighted by Crippen LogP contribution is -2.42. The maximum atomic E-state index is 11.7. The molecule has 2 rings (SSSR count). The van der Waals surface area contributed by atoms with Crippen molar-refractivity contribution in [3.05, 3.63) is 48.4 Å². The number of nitrogens with zero attached hydrogens (tertiary/aromatic N) is 2. The van der Waals surface area contributed by atoms with Crippen LogP contribution in [0.2, 0.25) is 0 Å². The normalized spacial score (nSPS) is 13.8. The molecular weight excluding hydrogens is 246 g/mol. The van der Waals surface area contributed by atoms with Crippen molar-refractivity contribution in [1.82, 2.24) is 15.3 Å². The number of nitrogens with one attached hydrogen (secondary N) is 1. The molecular formula is C13H15N3O3. The number of carbonyl (C=O) groups is 1. The van der Waals surface area contributed by atoms with Gasteiger partial charge in [0.15, 0.2) is 0 Å². The zero-order chi connectivity index (χ0) is 13.7. The molecule has 1 unspecified atom stereocenters. The summed E-state index contributed by atoms with van der Waals surface area (Å²) in [4.78, 5) is 19.4. The second-order valence-electron chi connectivity index (χ2n) is 4.53. The molecule has 2 N–H and O–H groups in total. The van der Waals surface area contributed by atoms with Crippen LogP contribution in [0.15, 0.2) is 41.4 Å². The first kappa shape index (κ1) is 13.2. The lowest BCUT2D eigenvalue weighted by Gasteiger charge is -2.22. The topological polar surface area (TPSA) is 88.2 Å². The average Bonchev–Trinajstić information content (AvgIpc) is 2.89. The molecule has 0 radical (unpaired) electrons. The molecule has 2 aromatic heterocycles. The summed E-state index contributed by atoms with van der Waals surface area (Å²) in [7, 11) is 0. The van der Waals surface area contributed by atoms with E-state index in [4.69, 9.17) is 4.42 Å². The molecule has 1 atom stereocenters. The maximum absolute atomic E-state index is 11.7. The Balaban J connectivity index is 1.89. The number of aromatic nitrogens is 2. The summed E-state index contributed by atoms with van der Waals surface area (Å²) in [5, 5.41) is 12.8. The Hall–Kier alpha value is -2.21. The highest BCUT2D eigenvalue weighted by atomic mass is 16.3. The van der Waals surface area contributed by atoms with Crippen LogP contribution in [0.25, 0.3) is 0 Å². The van der Waals surface area contributed by atoms with Gasteiger partial charge in [-0.15, -0.1) is 0 Å². The van der Waals surface area contributed by atoms with Gasteiger partial charge in [0.2, 0.25) is 0 Å². The predicted octanol–water partition coefficient (Wildman–Crippen LogP) is 0.793. The van der Waals surface area contributed by atoms with Crippen LogP contribution in [-0.4, -0.2) is 33.1 Å². The highest BCUT2D eigenvalue weighted by Gasteiger charge is 2.23. The number of furan rings is 1. The number of rotatable bonds is 5. The Morgan fingerprint density at radius 3 is 3.00 bits per heavy atom. The van der Waals surface area contributed by atoms with Crippen LogP contribution < -0.4 is 5.32 Å². The average molecular weight is 261 g/mol. The van der Waals surface area contributed by atoms with Gasteiger partial charge in [-0.05, 0) is 19.1 Å². The van der Waals surface area contributed by atoms with Gasteiger partial charge in [0.1, 0.15) is 11.5 Å². The van der Waals surface area contributed by atoms with E-state index in [2.05, 4.69) is 15.3 Å². The van der Waals surface area contributed by atoms with E-state index < -0.39 is 5.60 Å². The molecule has 0 aliphatic rings. The van der Waals surface area contributed by atoms with Crippen molar-refractivity contribution < 1.29 is 14.3 Å². The summed E-state index contributed by atoms with van der Waals surface area (Å²) in [5.74, 6) is 0.298. The molecule has 0 aliphatic carbocycles. The molecule has 0 bridgehead atoms. The summed E-state index contributed by atoms with van der Waals surface area (Å²) >= 11 is 0. The molecule has 6 nitrogen and oxygen atoms in total. The van der Waals surface area contributed by atoms with Crippen molar-refractivity contribution in [2.45, 2.75) is 18.9 Å². The van der Waals surface area contributed by atoms with Crippen molar-refractivity contribution >= 4 is 5.91 Å². The van der Waals surface area contributed by atoms with E-state index in [-0.39, 0.29) is 18.1 Å². The lowest BCUT2D eigenvalue weighted by atomic mass is 10.0. The highest BCUT2D eigenvalue weighted by molar-refractivity contribution is 5.91. The maximum Gasteiger partial charge on any atom is 0.271 e. The summed E-state index contributed by atoms with van der Waals surface area (Å²) < 4.78 is 5.17. The fourth-order valence-electron chi connectivity index (χ4n) is 1.63. The number of carbonyl (C=O) groups excluding carboxylic acids is 1. The first-order chi connectivity index (χ1) is 9.07. The van der Waals surface area contributed by atoms with E-state index in [1.165, 1.54) is 18.6 Å². The van der Waals surface area contributed by atoms with Crippen molar-refractivity contribution in [3.8, 4) is 0 Å². The number of amides is 1. The van der Waals surface area contributed by atoms with Gasteiger partial charge in [0, 0.05) is 25.4 Å². The van der Waals surface area contributed by atoms with Gasteiger partial charge in [-0.25, -0.2) is 4.98 Å². The largest absolute Gasteiger partial charge is 0.469 e. The van der Waals surface area contributed by atoms with Crippen molar-refractivity contribution in [3.63, 3.8) is 0 Å². The van der Waals surface area contributed by atoms with Crippen molar-refractivity contribution in [1.29, 1.82) is 0 Å². The molecule has 0 aliphatic heterocycles.